The van der Waals surface area contributed by atoms with Gasteiger partial charge in [0.1, 0.15) is 11.6 Å². The molecule has 2 fully saturated rings. The lowest BCUT2D eigenvalue weighted by Gasteiger charge is -2.38. The summed E-state index contributed by atoms with van der Waals surface area (Å²) in [6, 6.07) is 3.87. The summed E-state index contributed by atoms with van der Waals surface area (Å²) in [4.78, 5) is 0. The Morgan fingerprint density at radius 2 is 2.14 bits per heavy atom. The van der Waals surface area contributed by atoms with Crippen LogP contribution >= 0.6 is 0 Å². The highest BCUT2D eigenvalue weighted by atomic mass is 19.1. The molecule has 3 unspecified atom stereocenters. The summed E-state index contributed by atoms with van der Waals surface area (Å²) < 4.78 is 27.5. The molecular formula is C18H25F2N. The van der Waals surface area contributed by atoms with E-state index in [1.54, 1.807) is 0 Å². The Labute approximate surface area is 126 Å². The molecule has 0 saturated heterocycles. The van der Waals surface area contributed by atoms with Gasteiger partial charge in [-0.3, -0.25) is 0 Å². The predicted molar refractivity (Wildman–Crippen MR) is 81.1 cm³/mol. The van der Waals surface area contributed by atoms with Crippen LogP contribution in [0.25, 0.3) is 0 Å². The van der Waals surface area contributed by atoms with Crippen LogP contribution in [-0.2, 0) is 6.42 Å². The topological polar surface area (TPSA) is 12.0 Å². The summed E-state index contributed by atoms with van der Waals surface area (Å²) in [7, 11) is 0. The number of rotatable bonds is 6. The highest BCUT2D eigenvalue weighted by Crippen LogP contribution is 2.57. The van der Waals surface area contributed by atoms with Gasteiger partial charge in [-0.15, -0.1) is 0 Å². The number of hydrogen-bond donors (Lipinski definition) is 1. The SMILES string of the molecule is CCCNCC1(Cc2cc(F)ccc2F)CC2CCC1C2. The molecule has 1 N–H and O–H groups in total. The molecule has 2 aliphatic carbocycles. The summed E-state index contributed by atoms with van der Waals surface area (Å²) in [6.45, 7) is 4.11. The zero-order valence-electron chi connectivity index (χ0n) is 12.8. The van der Waals surface area contributed by atoms with Crippen LogP contribution in [-0.4, -0.2) is 13.1 Å². The molecule has 0 aliphatic heterocycles. The van der Waals surface area contributed by atoms with Crippen molar-refractivity contribution in [3.05, 3.63) is 35.4 Å². The first kappa shape index (κ1) is 15.0. The Balaban J connectivity index is 1.81. The molecule has 0 radical (unpaired) electrons. The lowest BCUT2D eigenvalue weighted by atomic mass is 9.69. The molecule has 2 aliphatic rings. The molecule has 21 heavy (non-hydrogen) atoms. The fourth-order valence-electron chi connectivity index (χ4n) is 4.63. The number of fused-ring (bicyclic) bond motifs is 2. The van der Waals surface area contributed by atoms with Gasteiger partial charge in [0.2, 0.25) is 0 Å². The van der Waals surface area contributed by atoms with E-state index in [9.17, 15) is 8.78 Å². The second-order valence-electron chi connectivity index (χ2n) is 7.03. The van der Waals surface area contributed by atoms with E-state index in [1.165, 1.54) is 43.9 Å². The van der Waals surface area contributed by atoms with E-state index < -0.39 is 0 Å². The summed E-state index contributed by atoms with van der Waals surface area (Å²) in [5, 5.41) is 3.54. The molecule has 2 bridgehead atoms. The molecule has 3 atom stereocenters. The van der Waals surface area contributed by atoms with Gasteiger partial charge in [0, 0.05) is 6.54 Å². The predicted octanol–water partition coefficient (Wildman–Crippen LogP) is 4.31. The molecule has 1 aromatic carbocycles. The van der Waals surface area contributed by atoms with Gasteiger partial charge < -0.3 is 5.32 Å². The third-order valence-corrected chi connectivity index (χ3v) is 5.56. The van der Waals surface area contributed by atoms with Crippen LogP contribution in [0.15, 0.2) is 18.2 Å². The van der Waals surface area contributed by atoms with E-state index in [2.05, 4.69) is 12.2 Å². The molecular weight excluding hydrogens is 268 g/mol. The average Bonchev–Trinajstić information content (AvgIpc) is 3.04. The van der Waals surface area contributed by atoms with Gasteiger partial charge in [0.25, 0.3) is 0 Å². The van der Waals surface area contributed by atoms with Crippen molar-refractivity contribution in [3.63, 3.8) is 0 Å². The van der Waals surface area contributed by atoms with E-state index in [0.29, 0.717) is 17.9 Å². The van der Waals surface area contributed by atoms with Crippen LogP contribution in [0.2, 0.25) is 0 Å². The Morgan fingerprint density at radius 3 is 2.81 bits per heavy atom. The molecule has 3 heteroatoms. The quantitative estimate of drug-likeness (QED) is 0.771. The third-order valence-electron chi connectivity index (χ3n) is 5.56. The van der Waals surface area contributed by atoms with Crippen LogP contribution in [0.4, 0.5) is 8.78 Å². The van der Waals surface area contributed by atoms with Crippen molar-refractivity contribution < 1.29 is 8.78 Å². The molecule has 0 spiro atoms. The third kappa shape index (κ3) is 2.98. The minimum absolute atomic E-state index is 0.132. The summed E-state index contributed by atoms with van der Waals surface area (Å²) in [5.41, 5.74) is 0.688. The van der Waals surface area contributed by atoms with Crippen molar-refractivity contribution in [2.24, 2.45) is 17.3 Å². The molecule has 1 nitrogen and oxygen atoms in total. The second-order valence-corrected chi connectivity index (χ2v) is 7.03. The van der Waals surface area contributed by atoms with Crippen LogP contribution in [0.3, 0.4) is 0 Å². The average molecular weight is 293 g/mol. The smallest absolute Gasteiger partial charge is 0.126 e. The zero-order chi connectivity index (χ0) is 14.9. The molecule has 116 valence electrons. The van der Waals surface area contributed by atoms with Gasteiger partial charge in [0.15, 0.2) is 0 Å². The van der Waals surface area contributed by atoms with E-state index in [0.717, 1.165) is 25.4 Å². The highest BCUT2D eigenvalue weighted by molar-refractivity contribution is 5.22. The Kier molecular flexibility index (Phi) is 4.30. The first-order valence-electron chi connectivity index (χ1n) is 8.27. The van der Waals surface area contributed by atoms with E-state index in [-0.39, 0.29) is 17.0 Å². The van der Waals surface area contributed by atoms with Crippen molar-refractivity contribution >= 4 is 0 Å². The molecule has 2 saturated carbocycles. The van der Waals surface area contributed by atoms with Gasteiger partial charge in [-0.1, -0.05) is 13.3 Å². The van der Waals surface area contributed by atoms with Crippen LogP contribution < -0.4 is 5.32 Å². The fraction of sp³-hybridized carbons (Fsp3) is 0.667. The van der Waals surface area contributed by atoms with Crippen molar-refractivity contribution in [2.75, 3.05) is 13.1 Å². The highest BCUT2D eigenvalue weighted by Gasteiger charge is 2.50. The van der Waals surface area contributed by atoms with E-state index >= 15 is 0 Å². The fourth-order valence-corrected chi connectivity index (χ4v) is 4.63. The molecule has 1 aromatic rings. The molecule has 3 rings (SSSR count). The molecule has 0 amide bonds. The first-order chi connectivity index (χ1) is 10.1. The monoisotopic (exact) mass is 293 g/mol. The Bertz CT molecular complexity index is 502. The zero-order valence-corrected chi connectivity index (χ0v) is 12.8. The van der Waals surface area contributed by atoms with Crippen LogP contribution in [0, 0.1) is 28.9 Å². The van der Waals surface area contributed by atoms with E-state index in [1.807, 2.05) is 0 Å². The van der Waals surface area contributed by atoms with Gasteiger partial charge in [-0.05, 0) is 79.7 Å². The minimum Gasteiger partial charge on any atom is -0.316 e. The maximum atomic E-state index is 14.0. The summed E-state index contributed by atoms with van der Waals surface area (Å²) in [5.74, 6) is 0.893. The van der Waals surface area contributed by atoms with E-state index in [4.69, 9.17) is 0 Å². The van der Waals surface area contributed by atoms with Crippen molar-refractivity contribution in [3.8, 4) is 0 Å². The lowest BCUT2D eigenvalue weighted by molar-refractivity contribution is 0.155. The normalized spacial score (nSPS) is 31.0. The Morgan fingerprint density at radius 1 is 1.29 bits per heavy atom. The van der Waals surface area contributed by atoms with Gasteiger partial charge in [0.05, 0.1) is 0 Å². The number of halogens is 2. The number of nitrogens with one attached hydrogen (secondary N) is 1. The summed E-state index contributed by atoms with van der Waals surface area (Å²) in [6.07, 6.45) is 6.82. The van der Waals surface area contributed by atoms with Gasteiger partial charge in [-0.25, -0.2) is 8.78 Å². The molecule has 0 heterocycles. The number of benzene rings is 1. The van der Waals surface area contributed by atoms with Gasteiger partial charge in [-0.2, -0.15) is 0 Å². The maximum absolute atomic E-state index is 14.0. The largest absolute Gasteiger partial charge is 0.316 e. The standard InChI is InChI=1S/C18H25F2N/c1-2-7-21-12-18(10-13-3-4-15(18)8-13)11-14-9-16(19)5-6-17(14)20/h5-6,9,13,15,21H,2-4,7-8,10-12H2,1H3. The lowest BCUT2D eigenvalue weighted by Crippen LogP contribution is -2.41. The molecule has 0 aromatic heterocycles. The van der Waals surface area contributed by atoms with Crippen LogP contribution in [0.1, 0.15) is 44.6 Å². The van der Waals surface area contributed by atoms with Crippen LogP contribution in [0.5, 0.6) is 0 Å². The first-order valence-corrected chi connectivity index (χ1v) is 8.27. The van der Waals surface area contributed by atoms with Gasteiger partial charge >= 0.3 is 0 Å². The maximum Gasteiger partial charge on any atom is 0.126 e. The van der Waals surface area contributed by atoms with Crippen molar-refractivity contribution in [1.29, 1.82) is 0 Å². The van der Waals surface area contributed by atoms with Crippen molar-refractivity contribution in [2.45, 2.75) is 45.4 Å². The van der Waals surface area contributed by atoms with Crippen molar-refractivity contribution in [1.82, 2.24) is 5.32 Å². The Hall–Kier alpha value is -0.960. The second kappa shape index (κ2) is 6.04. The summed E-state index contributed by atoms with van der Waals surface area (Å²) >= 11 is 0. The number of hydrogen-bond acceptors (Lipinski definition) is 1. The minimum atomic E-state index is -0.328.